The summed E-state index contributed by atoms with van der Waals surface area (Å²) in [7, 11) is 0. The quantitative estimate of drug-likeness (QED) is 0.521. The molecule has 1 aliphatic heterocycles. The SMILES string of the molecule is C=CC(=O)N1CCC2(CC(n3c(NC(=O)c4ccc(C(C)(F)F)s4)nc4ccccc43)C2)C1. The van der Waals surface area contributed by atoms with Crippen LogP contribution < -0.4 is 5.32 Å². The van der Waals surface area contributed by atoms with Crippen molar-refractivity contribution in [3.8, 4) is 0 Å². The van der Waals surface area contributed by atoms with E-state index in [1.807, 2.05) is 33.7 Å². The second-order valence-electron chi connectivity index (χ2n) is 9.08. The average molecular weight is 471 g/mol. The van der Waals surface area contributed by atoms with Gasteiger partial charge < -0.3 is 9.47 Å². The van der Waals surface area contributed by atoms with Gasteiger partial charge in [0.25, 0.3) is 11.8 Å². The van der Waals surface area contributed by atoms with Crippen LogP contribution in [0, 0.1) is 5.41 Å². The van der Waals surface area contributed by atoms with E-state index in [1.54, 1.807) is 0 Å². The van der Waals surface area contributed by atoms with E-state index in [0.29, 0.717) is 12.5 Å². The summed E-state index contributed by atoms with van der Waals surface area (Å²) >= 11 is 0.784. The number of rotatable bonds is 5. The molecular weight excluding hydrogens is 446 g/mol. The van der Waals surface area contributed by atoms with Crippen LogP contribution in [0.2, 0.25) is 0 Å². The van der Waals surface area contributed by atoms with Gasteiger partial charge in [0.15, 0.2) is 0 Å². The van der Waals surface area contributed by atoms with E-state index in [1.165, 1.54) is 18.2 Å². The molecule has 1 saturated carbocycles. The fraction of sp³-hybridized carbons (Fsp3) is 0.375. The second-order valence-corrected chi connectivity index (χ2v) is 10.2. The third-order valence-electron chi connectivity index (χ3n) is 6.71. The largest absolute Gasteiger partial charge is 0.339 e. The van der Waals surface area contributed by atoms with E-state index in [9.17, 15) is 18.4 Å². The Labute approximate surface area is 193 Å². The van der Waals surface area contributed by atoms with Gasteiger partial charge in [-0.2, -0.15) is 0 Å². The molecule has 2 amide bonds. The Morgan fingerprint density at radius 2 is 2.03 bits per heavy atom. The first-order chi connectivity index (χ1) is 15.7. The van der Waals surface area contributed by atoms with E-state index in [2.05, 4.69) is 16.9 Å². The highest BCUT2D eigenvalue weighted by atomic mass is 32.1. The summed E-state index contributed by atoms with van der Waals surface area (Å²) in [5.74, 6) is -3.07. The molecule has 0 unspecified atom stereocenters. The first kappa shape index (κ1) is 21.8. The van der Waals surface area contributed by atoms with Crippen molar-refractivity contribution < 1.29 is 18.4 Å². The van der Waals surface area contributed by atoms with Crippen molar-refractivity contribution in [1.29, 1.82) is 0 Å². The fourth-order valence-corrected chi connectivity index (χ4v) is 5.90. The van der Waals surface area contributed by atoms with Gasteiger partial charge in [-0.15, -0.1) is 11.3 Å². The van der Waals surface area contributed by atoms with Crippen molar-refractivity contribution in [1.82, 2.24) is 14.5 Å². The highest BCUT2D eigenvalue weighted by Crippen LogP contribution is 2.55. The number of amides is 2. The van der Waals surface area contributed by atoms with E-state index >= 15 is 0 Å². The minimum absolute atomic E-state index is 0.0377. The third kappa shape index (κ3) is 3.84. The van der Waals surface area contributed by atoms with Gasteiger partial charge in [-0.1, -0.05) is 18.7 Å². The molecule has 2 fully saturated rings. The number of hydrogen-bond donors (Lipinski definition) is 1. The summed E-state index contributed by atoms with van der Waals surface area (Å²) in [6, 6.07) is 10.5. The van der Waals surface area contributed by atoms with Crippen molar-refractivity contribution in [3.05, 3.63) is 58.8 Å². The van der Waals surface area contributed by atoms with Crippen LogP contribution in [-0.2, 0) is 10.7 Å². The third-order valence-corrected chi connectivity index (χ3v) is 7.97. The minimum Gasteiger partial charge on any atom is -0.339 e. The highest BCUT2D eigenvalue weighted by molar-refractivity contribution is 7.14. The zero-order valence-electron chi connectivity index (χ0n) is 18.2. The molecule has 2 aliphatic rings. The van der Waals surface area contributed by atoms with Crippen LogP contribution in [0.25, 0.3) is 11.0 Å². The molecule has 1 N–H and O–H groups in total. The number of anilines is 1. The molecule has 33 heavy (non-hydrogen) atoms. The van der Waals surface area contributed by atoms with Crippen LogP contribution >= 0.6 is 11.3 Å². The monoisotopic (exact) mass is 470 g/mol. The van der Waals surface area contributed by atoms with Crippen LogP contribution in [0.1, 0.15) is 46.8 Å². The number of imidazole rings is 1. The zero-order valence-corrected chi connectivity index (χ0v) is 19.0. The van der Waals surface area contributed by atoms with Crippen molar-refractivity contribution >= 4 is 40.1 Å². The number of fused-ring (bicyclic) bond motifs is 1. The molecule has 5 rings (SSSR count). The van der Waals surface area contributed by atoms with Crippen molar-refractivity contribution in [2.24, 2.45) is 5.41 Å². The summed E-state index contributed by atoms with van der Waals surface area (Å²) in [6.45, 7) is 5.84. The minimum atomic E-state index is -2.99. The maximum absolute atomic E-state index is 13.6. The predicted octanol–water partition coefficient (Wildman–Crippen LogP) is 5.20. The number of hydrogen-bond acceptors (Lipinski definition) is 4. The van der Waals surface area contributed by atoms with Crippen molar-refractivity contribution in [2.75, 3.05) is 18.4 Å². The lowest BCUT2D eigenvalue weighted by molar-refractivity contribution is -0.125. The molecule has 3 heterocycles. The maximum Gasteiger partial charge on any atom is 0.279 e. The van der Waals surface area contributed by atoms with Gasteiger partial charge in [-0.05, 0) is 55.0 Å². The molecule has 172 valence electrons. The number of nitrogens with zero attached hydrogens (tertiary/aromatic N) is 3. The second kappa shape index (κ2) is 7.76. The lowest BCUT2D eigenvalue weighted by Gasteiger charge is -2.46. The first-order valence-electron chi connectivity index (χ1n) is 10.9. The number of likely N-dealkylation sites (tertiary alicyclic amines) is 1. The Kier molecular flexibility index (Phi) is 5.12. The number of thiophene rings is 1. The first-order valence-corrected chi connectivity index (χ1v) is 11.7. The molecule has 1 spiro atoms. The molecule has 1 saturated heterocycles. The van der Waals surface area contributed by atoms with Gasteiger partial charge in [0.05, 0.1) is 20.8 Å². The van der Waals surface area contributed by atoms with E-state index in [0.717, 1.165) is 55.1 Å². The van der Waals surface area contributed by atoms with Gasteiger partial charge in [0, 0.05) is 26.1 Å². The van der Waals surface area contributed by atoms with Crippen molar-refractivity contribution in [2.45, 2.75) is 38.2 Å². The molecule has 3 aromatic rings. The molecule has 0 bridgehead atoms. The smallest absolute Gasteiger partial charge is 0.279 e. The van der Waals surface area contributed by atoms with Crippen LogP contribution in [0.15, 0.2) is 49.1 Å². The molecule has 6 nitrogen and oxygen atoms in total. The molecule has 2 aromatic heterocycles. The normalized spacial score (nSPS) is 22.5. The van der Waals surface area contributed by atoms with Crippen LogP contribution in [0.3, 0.4) is 0 Å². The zero-order chi connectivity index (χ0) is 23.4. The number of para-hydroxylation sites is 2. The van der Waals surface area contributed by atoms with E-state index in [4.69, 9.17) is 0 Å². The molecule has 0 atom stereocenters. The Morgan fingerprint density at radius 3 is 2.73 bits per heavy atom. The number of benzene rings is 1. The summed E-state index contributed by atoms with van der Waals surface area (Å²) in [5, 5.41) is 2.85. The number of carbonyl (C=O) groups excluding carboxylic acids is 2. The Bertz CT molecular complexity index is 1250. The molecule has 9 heteroatoms. The topological polar surface area (TPSA) is 67.2 Å². The Morgan fingerprint density at radius 1 is 1.27 bits per heavy atom. The lowest BCUT2D eigenvalue weighted by Crippen LogP contribution is -2.42. The fourth-order valence-electron chi connectivity index (χ4n) is 5.07. The summed E-state index contributed by atoms with van der Waals surface area (Å²) in [5.41, 5.74) is 1.75. The van der Waals surface area contributed by atoms with Gasteiger partial charge in [0.1, 0.15) is 0 Å². The molecule has 0 radical (unpaired) electrons. The predicted molar refractivity (Wildman–Crippen MR) is 124 cm³/mol. The van der Waals surface area contributed by atoms with Crippen molar-refractivity contribution in [3.63, 3.8) is 0 Å². The van der Waals surface area contributed by atoms with Gasteiger partial charge in [-0.25, -0.2) is 13.8 Å². The van der Waals surface area contributed by atoms with Gasteiger partial charge in [0.2, 0.25) is 11.9 Å². The molecule has 1 aromatic carbocycles. The summed E-state index contributed by atoms with van der Waals surface area (Å²) < 4.78 is 29.2. The number of aromatic nitrogens is 2. The Balaban J connectivity index is 1.39. The molecular formula is C24H24F2N4O2S. The summed E-state index contributed by atoms with van der Waals surface area (Å²) in [4.78, 5) is 31.4. The highest BCUT2D eigenvalue weighted by Gasteiger charge is 2.50. The average Bonchev–Trinajstić information content (AvgIpc) is 3.48. The number of nitrogens with one attached hydrogen (secondary N) is 1. The molecule has 1 aliphatic carbocycles. The van der Waals surface area contributed by atoms with Crippen LogP contribution in [0.5, 0.6) is 0 Å². The maximum atomic E-state index is 13.6. The number of carbonyl (C=O) groups is 2. The lowest BCUT2D eigenvalue weighted by atomic mass is 9.65. The van der Waals surface area contributed by atoms with E-state index < -0.39 is 11.8 Å². The van der Waals surface area contributed by atoms with Gasteiger partial charge >= 0.3 is 0 Å². The summed E-state index contributed by atoms with van der Waals surface area (Å²) in [6.07, 6.45) is 4.06. The number of alkyl halides is 2. The van der Waals surface area contributed by atoms with Crippen LogP contribution in [0.4, 0.5) is 14.7 Å². The standard InChI is InChI=1S/C24H24F2N4O2S/c1-3-20(31)29-11-10-24(14-29)12-15(13-24)30-17-7-5-4-6-16(17)27-22(30)28-21(32)18-8-9-19(33-18)23(2,25)26/h3-9,15H,1,10-14H2,2H3,(H,27,28,32). The van der Waals surface area contributed by atoms with E-state index in [-0.39, 0.29) is 27.1 Å². The number of halogens is 2. The Hall–Kier alpha value is -3.07. The van der Waals surface area contributed by atoms with Gasteiger partial charge in [-0.3, -0.25) is 14.9 Å². The van der Waals surface area contributed by atoms with Crippen LogP contribution in [-0.4, -0.2) is 39.4 Å².